The molecule has 0 spiro atoms. The minimum Gasteiger partial charge on any atom is -0.477 e. The number of ether oxygens (including phenoxy) is 1. The van der Waals surface area contributed by atoms with E-state index < -0.39 is 0 Å². The fraction of sp³-hybridized carbons (Fsp3) is 0.333. The highest BCUT2D eigenvalue weighted by molar-refractivity contribution is 7.17. The lowest BCUT2D eigenvalue weighted by Crippen LogP contribution is -1.97. The molecule has 3 nitrogen and oxygen atoms in total. The second kappa shape index (κ2) is 4.11. The van der Waals surface area contributed by atoms with Crippen LogP contribution in [0, 0.1) is 0 Å². The summed E-state index contributed by atoms with van der Waals surface area (Å²) >= 11 is 7.51. The zero-order valence-corrected chi connectivity index (χ0v) is 9.23. The Morgan fingerprint density at radius 3 is 3.14 bits per heavy atom. The molecule has 0 aliphatic rings. The molecule has 0 N–H and O–H groups in total. The summed E-state index contributed by atoms with van der Waals surface area (Å²) in [7, 11) is 0. The molecule has 0 amide bonds. The summed E-state index contributed by atoms with van der Waals surface area (Å²) in [6.07, 6.45) is 2.45. The molecular formula is C9H9ClN2OS. The van der Waals surface area contributed by atoms with Gasteiger partial charge in [-0.25, -0.2) is 9.97 Å². The van der Waals surface area contributed by atoms with Crippen molar-refractivity contribution in [2.24, 2.45) is 0 Å². The number of nitrogens with zero attached hydrogens (tertiary/aromatic N) is 2. The quantitative estimate of drug-likeness (QED) is 0.810. The van der Waals surface area contributed by atoms with Crippen molar-refractivity contribution in [3.8, 4) is 5.88 Å². The molecule has 0 bridgehead atoms. The van der Waals surface area contributed by atoms with E-state index in [0.29, 0.717) is 17.5 Å². The third-order valence-electron chi connectivity index (χ3n) is 1.73. The maximum absolute atomic E-state index is 6.01. The van der Waals surface area contributed by atoms with Gasteiger partial charge in [0.25, 0.3) is 0 Å². The number of hydrogen-bond acceptors (Lipinski definition) is 4. The highest BCUT2D eigenvalue weighted by Crippen LogP contribution is 2.33. The van der Waals surface area contributed by atoms with Crippen LogP contribution in [-0.2, 0) is 0 Å². The fourth-order valence-electron chi connectivity index (χ4n) is 1.12. The van der Waals surface area contributed by atoms with Gasteiger partial charge in [-0.1, -0.05) is 18.5 Å². The number of aromatic nitrogens is 2. The lowest BCUT2D eigenvalue weighted by Gasteiger charge is -2.03. The second-order valence-corrected chi connectivity index (χ2v) is 4.06. The lowest BCUT2D eigenvalue weighted by molar-refractivity contribution is 0.309. The molecule has 0 radical (unpaired) electrons. The average molecular weight is 229 g/mol. The molecule has 74 valence electrons. The molecule has 2 rings (SSSR count). The zero-order valence-electron chi connectivity index (χ0n) is 7.66. The summed E-state index contributed by atoms with van der Waals surface area (Å²) in [5.41, 5.74) is 0. The van der Waals surface area contributed by atoms with Gasteiger partial charge in [-0.2, -0.15) is 0 Å². The van der Waals surface area contributed by atoms with E-state index in [2.05, 4.69) is 9.97 Å². The van der Waals surface area contributed by atoms with Gasteiger partial charge in [0.15, 0.2) is 0 Å². The van der Waals surface area contributed by atoms with Gasteiger partial charge in [-0.05, 0) is 6.42 Å². The van der Waals surface area contributed by atoms with E-state index in [1.807, 2.05) is 12.3 Å². The molecular weight excluding hydrogens is 220 g/mol. The van der Waals surface area contributed by atoms with Crippen molar-refractivity contribution in [2.75, 3.05) is 6.61 Å². The van der Waals surface area contributed by atoms with Crippen LogP contribution in [-0.4, -0.2) is 16.6 Å². The number of hydrogen-bond donors (Lipinski definition) is 0. The fourth-order valence-corrected chi connectivity index (χ4v) is 2.24. The average Bonchev–Trinajstić information content (AvgIpc) is 2.58. The van der Waals surface area contributed by atoms with Crippen molar-refractivity contribution in [3.63, 3.8) is 0 Å². The second-order valence-electron chi connectivity index (χ2n) is 2.79. The summed E-state index contributed by atoms with van der Waals surface area (Å²) in [4.78, 5) is 9.05. The SMILES string of the molecule is CCCOc1ncnc2scc(Cl)c12. The third kappa shape index (κ3) is 1.67. The zero-order chi connectivity index (χ0) is 9.97. The van der Waals surface area contributed by atoms with Crippen LogP contribution in [0.5, 0.6) is 5.88 Å². The van der Waals surface area contributed by atoms with Crippen LogP contribution < -0.4 is 4.74 Å². The smallest absolute Gasteiger partial charge is 0.226 e. The van der Waals surface area contributed by atoms with E-state index in [1.54, 1.807) is 0 Å². The molecule has 0 saturated carbocycles. The van der Waals surface area contributed by atoms with Crippen molar-refractivity contribution in [2.45, 2.75) is 13.3 Å². The standard InChI is InChI=1S/C9H9ClN2OS/c1-2-3-13-8-7-6(10)4-14-9(7)12-5-11-8/h4-5H,2-3H2,1H3. The molecule has 0 aliphatic carbocycles. The summed E-state index contributed by atoms with van der Waals surface area (Å²) in [5.74, 6) is 0.586. The van der Waals surface area contributed by atoms with Gasteiger partial charge in [0.05, 0.1) is 17.0 Å². The van der Waals surface area contributed by atoms with Gasteiger partial charge < -0.3 is 4.74 Å². The first kappa shape index (κ1) is 9.68. The first-order valence-electron chi connectivity index (χ1n) is 4.33. The van der Waals surface area contributed by atoms with Gasteiger partial charge in [0.2, 0.25) is 5.88 Å². The van der Waals surface area contributed by atoms with Crippen LogP contribution >= 0.6 is 22.9 Å². The van der Waals surface area contributed by atoms with Crippen molar-refractivity contribution >= 4 is 33.2 Å². The third-order valence-corrected chi connectivity index (χ3v) is 3.05. The van der Waals surface area contributed by atoms with E-state index >= 15 is 0 Å². The van der Waals surface area contributed by atoms with Gasteiger partial charge in [0.1, 0.15) is 11.2 Å². The molecule has 14 heavy (non-hydrogen) atoms. The summed E-state index contributed by atoms with van der Waals surface area (Å²) in [5, 5.41) is 3.34. The van der Waals surface area contributed by atoms with Crippen molar-refractivity contribution in [3.05, 3.63) is 16.7 Å². The van der Waals surface area contributed by atoms with Crippen LogP contribution in [0.1, 0.15) is 13.3 Å². The van der Waals surface area contributed by atoms with E-state index in [9.17, 15) is 0 Å². The molecule has 0 aromatic carbocycles. The summed E-state index contributed by atoms with van der Waals surface area (Å²) in [6.45, 7) is 2.70. The molecule has 0 saturated heterocycles. The Hall–Kier alpha value is -0.870. The maximum Gasteiger partial charge on any atom is 0.226 e. The topological polar surface area (TPSA) is 35.0 Å². The molecule has 2 heterocycles. The highest BCUT2D eigenvalue weighted by atomic mass is 35.5. The van der Waals surface area contributed by atoms with Crippen LogP contribution in [0.15, 0.2) is 11.7 Å². The highest BCUT2D eigenvalue weighted by Gasteiger charge is 2.10. The Balaban J connectivity index is 2.46. The molecule has 0 atom stereocenters. The Morgan fingerprint density at radius 1 is 1.50 bits per heavy atom. The van der Waals surface area contributed by atoms with Crippen LogP contribution in [0.25, 0.3) is 10.2 Å². The van der Waals surface area contributed by atoms with Crippen molar-refractivity contribution < 1.29 is 4.74 Å². The first-order chi connectivity index (χ1) is 6.83. The monoisotopic (exact) mass is 228 g/mol. The van der Waals surface area contributed by atoms with E-state index in [4.69, 9.17) is 16.3 Å². The van der Waals surface area contributed by atoms with E-state index in [1.165, 1.54) is 17.7 Å². The molecule has 2 aromatic rings. The van der Waals surface area contributed by atoms with Gasteiger partial charge in [-0.15, -0.1) is 11.3 Å². The lowest BCUT2D eigenvalue weighted by atomic mass is 10.4. The Bertz CT molecular complexity index is 443. The van der Waals surface area contributed by atoms with Crippen LogP contribution in [0.3, 0.4) is 0 Å². The minimum atomic E-state index is 0.586. The van der Waals surface area contributed by atoms with Crippen molar-refractivity contribution in [1.82, 2.24) is 9.97 Å². The summed E-state index contributed by atoms with van der Waals surface area (Å²) < 4.78 is 5.48. The number of halogens is 1. The normalized spacial score (nSPS) is 10.7. The first-order valence-corrected chi connectivity index (χ1v) is 5.59. The summed E-state index contributed by atoms with van der Waals surface area (Å²) in [6, 6.07) is 0. The molecule has 0 aliphatic heterocycles. The van der Waals surface area contributed by atoms with Gasteiger partial charge in [-0.3, -0.25) is 0 Å². The largest absolute Gasteiger partial charge is 0.477 e. The molecule has 2 aromatic heterocycles. The molecule has 5 heteroatoms. The molecule has 0 fully saturated rings. The van der Waals surface area contributed by atoms with E-state index in [0.717, 1.165) is 16.6 Å². The number of rotatable bonds is 3. The predicted molar refractivity (Wildman–Crippen MR) is 58.2 cm³/mol. The number of fused-ring (bicyclic) bond motifs is 1. The predicted octanol–water partition coefficient (Wildman–Crippen LogP) is 3.13. The van der Waals surface area contributed by atoms with Gasteiger partial charge >= 0.3 is 0 Å². The minimum absolute atomic E-state index is 0.586. The maximum atomic E-state index is 6.01. The van der Waals surface area contributed by atoms with Crippen LogP contribution in [0.2, 0.25) is 5.02 Å². The Morgan fingerprint density at radius 2 is 2.36 bits per heavy atom. The Labute approximate surface area is 90.7 Å². The van der Waals surface area contributed by atoms with Crippen LogP contribution in [0.4, 0.5) is 0 Å². The Kier molecular flexibility index (Phi) is 2.84. The van der Waals surface area contributed by atoms with Crippen molar-refractivity contribution in [1.29, 1.82) is 0 Å². The number of thiophene rings is 1. The van der Waals surface area contributed by atoms with E-state index in [-0.39, 0.29) is 0 Å². The molecule has 0 unspecified atom stereocenters. The van der Waals surface area contributed by atoms with Gasteiger partial charge in [0, 0.05) is 5.38 Å².